The van der Waals surface area contributed by atoms with Gasteiger partial charge in [-0.3, -0.25) is 9.69 Å². The summed E-state index contributed by atoms with van der Waals surface area (Å²) in [4.78, 5) is 17.9. The Morgan fingerprint density at radius 2 is 1.96 bits per heavy atom. The zero-order valence-electron chi connectivity index (χ0n) is 14.1. The van der Waals surface area contributed by atoms with E-state index in [1.165, 1.54) is 18.4 Å². The number of ether oxygens (including phenoxy) is 1. The normalized spacial score (nSPS) is 14.3. The Hall–Kier alpha value is -2.07. The lowest BCUT2D eigenvalue weighted by Crippen LogP contribution is -2.27. The smallest absolute Gasteiger partial charge is 0.187 e. The molecule has 4 heteroatoms. The maximum atomic E-state index is 12.2. The minimum atomic E-state index is 0.145. The highest BCUT2D eigenvalue weighted by Crippen LogP contribution is 2.31. The van der Waals surface area contributed by atoms with Crippen molar-refractivity contribution in [3.05, 3.63) is 63.1 Å². The number of nitrogens with one attached hydrogen (secondary N) is 1. The van der Waals surface area contributed by atoms with Crippen molar-refractivity contribution < 1.29 is 4.74 Å². The van der Waals surface area contributed by atoms with Gasteiger partial charge in [0.2, 0.25) is 0 Å². The third-order valence-electron chi connectivity index (χ3n) is 4.60. The summed E-state index contributed by atoms with van der Waals surface area (Å²) < 4.78 is 5.47. The first kappa shape index (κ1) is 15.8. The van der Waals surface area contributed by atoms with Gasteiger partial charge in [0.05, 0.1) is 7.11 Å². The van der Waals surface area contributed by atoms with Crippen molar-refractivity contribution in [1.29, 1.82) is 0 Å². The van der Waals surface area contributed by atoms with Crippen LogP contribution < -0.4 is 10.2 Å². The molecule has 0 spiro atoms. The molecule has 1 aliphatic rings. The molecule has 0 unspecified atom stereocenters. The van der Waals surface area contributed by atoms with Crippen molar-refractivity contribution in [2.45, 2.75) is 45.8 Å². The van der Waals surface area contributed by atoms with Gasteiger partial charge in [-0.05, 0) is 32.8 Å². The number of aryl methyl sites for hydroxylation is 1. The second kappa shape index (κ2) is 6.59. The Bertz CT molecular complexity index is 747. The Kier molecular flexibility index (Phi) is 4.53. The monoisotopic (exact) mass is 312 g/mol. The van der Waals surface area contributed by atoms with Crippen molar-refractivity contribution in [3.63, 3.8) is 0 Å². The minimum absolute atomic E-state index is 0.145. The van der Waals surface area contributed by atoms with Crippen LogP contribution in [0.5, 0.6) is 5.75 Å². The van der Waals surface area contributed by atoms with Crippen LogP contribution in [0.25, 0.3) is 0 Å². The van der Waals surface area contributed by atoms with Crippen molar-refractivity contribution >= 4 is 0 Å². The fourth-order valence-corrected chi connectivity index (χ4v) is 2.98. The van der Waals surface area contributed by atoms with Gasteiger partial charge in [0.25, 0.3) is 0 Å². The van der Waals surface area contributed by atoms with Gasteiger partial charge in [-0.15, -0.1) is 0 Å². The van der Waals surface area contributed by atoms with Gasteiger partial charge in [0.1, 0.15) is 5.75 Å². The van der Waals surface area contributed by atoms with Crippen molar-refractivity contribution in [1.82, 2.24) is 9.88 Å². The molecule has 0 amide bonds. The van der Waals surface area contributed by atoms with Gasteiger partial charge in [0.15, 0.2) is 5.43 Å². The van der Waals surface area contributed by atoms with E-state index < -0.39 is 0 Å². The van der Waals surface area contributed by atoms with Crippen LogP contribution >= 0.6 is 0 Å². The van der Waals surface area contributed by atoms with Crippen molar-refractivity contribution in [3.8, 4) is 5.75 Å². The SMILES string of the molecule is COc1ccccc1CN(Cc1[nH]cc(C)c(=O)c1C)C1CC1. The maximum Gasteiger partial charge on any atom is 0.187 e. The lowest BCUT2D eigenvalue weighted by Gasteiger charge is -2.24. The molecule has 1 fully saturated rings. The number of hydrogen-bond acceptors (Lipinski definition) is 3. The molecule has 3 rings (SSSR count). The summed E-state index contributed by atoms with van der Waals surface area (Å²) in [5.74, 6) is 0.923. The lowest BCUT2D eigenvalue weighted by atomic mass is 10.1. The third kappa shape index (κ3) is 3.48. The van der Waals surface area contributed by atoms with Crippen LogP contribution in [-0.2, 0) is 13.1 Å². The highest BCUT2D eigenvalue weighted by molar-refractivity contribution is 5.33. The van der Waals surface area contributed by atoms with Crippen LogP contribution in [0.4, 0.5) is 0 Å². The first-order chi connectivity index (χ1) is 11.1. The number of para-hydroxylation sites is 1. The van der Waals surface area contributed by atoms with Crippen LogP contribution in [0.15, 0.2) is 35.3 Å². The first-order valence-electron chi connectivity index (χ1n) is 8.14. The van der Waals surface area contributed by atoms with Gasteiger partial charge in [-0.1, -0.05) is 18.2 Å². The Morgan fingerprint density at radius 1 is 1.22 bits per heavy atom. The Morgan fingerprint density at radius 3 is 2.65 bits per heavy atom. The second-order valence-corrected chi connectivity index (χ2v) is 6.35. The minimum Gasteiger partial charge on any atom is -0.496 e. The average molecular weight is 312 g/mol. The molecule has 1 saturated carbocycles. The number of H-pyrrole nitrogens is 1. The molecule has 1 N–H and O–H groups in total. The summed E-state index contributed by atoms with van der Waals surface area (Å²) in [5.41, 5.74) is 3.95. The van der Waals surface area contributed by atoms with Crippen LogP contribution in [0.2, 0.25) is 0 Å². The van der Waals surface area contributed by atoms with E-state index >= 15 is 0 Å². The summed E-state index contributed by atoms with van der Waals surface area (Å²) in [5, 5.41) is 0. The van der Waals surface area contributed by atoms with Gasteiger partial charge in [0, 0.05) is 47.7 Å². The maximum absolute atomic E-state index is 12.2. The molecule has 1 aromatic carbocycles. The number of aromatic amines is 1. The largest absolute Gasteiger partial charge is 0.496 e. The van der Waals surface area contributed by atoms with E-state index in [2.05, 4.69) is 16.0 Å². The predicted molar refractivity (Wildman–Crippen MR) is 91.8 cm³/mol. The molecule has 0 bridgehead atoms. The molecule has 122 valence electrons. The Balaban J connectivity index is 1.83. The molecule has 0 radical (unpaired) electrons. The molecule has 4 nitrogen and oxygen atoms in total. The van der Waals surface area contributed by atoms with E-state index in [0.29, 0.717) is 6.04 Å². The highest BCUT2D eigenvalue weighted by atomic mass is 16.5. The summed E-state index contributed by atoms with van der Waals surface area (Å²) in [6.45, 7) is 5.37. The van der Waals surface area contributed by atoms with E-state index in [4.69, 9.17) is 4.74 Å². The lowest BCUT2D eigenvalue weighted by molar-refractivity contribution is 0.238. The molecular weight excluding hydrogens is 288 g/mol. The van der Waals surface area contributed by atoms with Crippen LogP contribution in [0.1, 0.15) is 35.2 Å². The number of aromatic nitrogens is 1. The number of pyridine rings is 1. The topological polar surface area (TPSA) is 45.3 Å². The Labute approximate surface area is 137 Å². The number of benzene rings is 1. The van der Waals surface area contributed by atoms with Gasteiger partial charge in [-0.25, -0.2) is 0 Å². The quantitative estimate of drug-likeness (QED) is 0.891. The molecular formula is C19H24N2O2. The number of methoxy groups -OCH3 is 1. The van der Waals surface area contributed by atoms with Crippen LogP contribution in [0, 0.1) is 13.8 Å². The first-order valence-corrected chi connectivity index (χ1v) is 8.14. The fourth-order valence-electron chi connectivity index (χ4n) is 2.98. The fraction of sp³-hybridized carbons (Fsp3) is 0.421. The average Bonchev–Trinajstić information content (AvgIpc) is 3.40. The third-order valence-corrected chi connectivity index (χ3v) is 4.60. The molecule has 1 aromatic heterocycles. The van der Waals surface area contributed by atoms with E-state index in [1.54, 1.807) is 7.11 Å². The summed E-state index contributed by atoms with van der Waals surface area (Å²) >= 11 is 0. The number of hydrogen-bond donors (Lipinski definition) is 1. The molecule has 23 heavy (non-hydrogen) atoms. The van der Waals surface area contributed by atoms with Crippen LogP contribution in [0.3, 0.4) is 0 Å². The summed E-state index contributed by atoms with van der Waals surface area (Å²) in [6.07, 6.45) is 4.27. The zero-order chi connectivity index (χ0) is 16.4. The molecule has 0 atom stereocenters. The standard InChI is InChI=1S/C19H24N2O2/c1-13-10-20-17(14(2)19(13)22)12-21(16-8-9-16)11-15-6-4-5-7-18(15)23-3/h4-7,10,16H,8-9,11-12H2,1-3H3,(H,20,22). The molecule has 1 heterocycles. The number of rotatable bonds is 6. The molecule has 0 saturated heterocycles. The van der Waals surface area contributed by atoms with Gasteiger partial charge in [-0.2, -0.15) is 0 Å². The van der Waals surface area contributed by atoms with Gasteiger partial charge >= 0.3 is 0 Å². The predicted octanol–water partition coefficient (Wildman–Crippen LogP) is 3.16. The van der Waals surface area contributed by atoms with E-state index in [1.807, 2.05) is 38.2 Å². The van der Waals surface area contributed by atoms with E-state index in [0.717, 1.165) is 35.7 Å². The molecule has 2 aromatic rings. The highest BCUT2D eigenvalue weighted by Gasteiger charge is 2.30. The molecule has 0 aliphatic heterocycles. The summed E-state index contributed by atoms with van der Waals surface area (Å²) in [6, 6.07) is 8.75. The second-order valence-electron chi connectivity index (χ2n) is 6.35. The summed E-state index contributed by atoms with van der Waals surface area (Å²) in [7, 11) is 1.71. The molecule has 1 aliphatic carbocycles. The van der Waals surface area contributed by atoms with Crippen LogP contribution in [-0.4, -0.2) is 23.0 Å². The van der Waals surface area contributed by atoms with Crippen molar-refractivity contribution in [2.24, 2.45) is 0 Å². The van der Waals surface area contributed by atoms with E-state index in [-0.39, 0.29) is 5.43 Å². The van der Waals surface area contributed by atoms with Crippen molar-refractivity contribution in [2.75, 3.05) is 7.11 Å². The number of nitrogens with zero attached hydrogens (tertiary/aromatic N) is 1. The van der Waals surface area contributed by atoms with Gasteiger partial charge < -0.3 is 9.72 Å². The zero-order valence-corrected chi connectivity index (χ0v) is 14.1. The van der Waals surface area contributed by atoms with E-state index in [9.17, 15) is 4.79 Å².